The van der Waals surface area contributed by atoms with Crippen molar-refractivity contribution in [3.8, 4) is 0 Å². The van der Waals surface area contributed by atoms with Crippen LogP contribution in [0.5, 0.6) is 0 Å². The molecule has 0 spiro atoms. The van der Waals surface area contributed by atoms with Crippen LogP contribution in [-0.4, -0.2) is 26.8 Å². The van der Waals surface area contributed by atoms with E-state index in [1.165, 1.54) is 6.07 Å². The molecule has 1 aromatic rings. The molecule has 0 aliphatic heterocycles. The fourth-order valence-corrected chi connectivity index (χ4v) is 1.86. The Morgan fingerprint density at radius 3 is 2.71 bits per heavy atom. The molecule has 0 aromatic heterocycles. The van der Waals surface area contributed by atoms with Crippen LogP contribution in [0, 0.1) is 5.82 Å². The van der Waals surface area contributed by atoms with Crippen LogP contribution in [0.25, 0.3) is 0 Å². The van der Waals surface area contributed by atoms with Crippen molar-refractivity contribution in [1.29, 1.82) is 0 Å². The molecule has 0 saturated carbocycles. The van der Waals surface area contributed by atoms with E-state index in [0.717, 1.165) is 12.1 Å². The van der Waals surface area contributed by atoms with Gasteiger partial charge in [-0.2, -0.15) is 0 Å². The number of halogens is 1. The minimum Gasteiger partial charge on any atom is -0.383 e. The maximum Gasteiger partial charge on any atom is 0.146 e. The fraction of sp³-hybridized carbons (Fsp3) is 0.538. The van der Waals surface area contributed by atoms with Crippen molar-refractivity contribution in [3.05, 3.63) is 29.6 Å². The van der Waals surface area contributed by atoms with Gasteiger partial charge < -0.3 is 15.4 Å². The summed E-state index contributed by atoms with van der Waals surface area (Å²) in [5.41, 5.74) is 7.32. The first kappa shape index (κ1) is 13.9. The molecule has 0 heterocycles. The molecule has 0 amide bonds. The van der Waals surface area contributed by atoms with Gasteiger partial charge in [0.25, 0.3) is 0 Å². The van der Waals surface area contributed by atoms with E-state index in [2.05, 4.69) is 0 Å². The van der Waals surface area contributed by atoms with Crippen LogP contribution in [0.2, 0.25) is 0 Å². The number of rotatable bonds is 6. The zero-order valence-electron chi connectivity index (χ0n) is 10.7. The van der Waals surface area contributed by atoms with Gasteiger partial charge in [0, 0.05) is 26.2 Å². The molecule has 0 saturated heterocycles. The van der Waals surface area contributed by atoms with Gasteiger partial charge in [-0.3, -0.25) is 0 Å². The topological polar surface area (TPSA) is 38.5 Å². The van der Waals surface area contributed by atoms with Gasteiger partial charge in [-0.25, -0.2) is 4.39 Å². The summed E-state index contributed by atoms with van der Waals surface area (Å²) >= 11 is 0. The molecule has 1 unspecified atom stereocenters. The Morgan fingerprint density at radius 1 is 1.47 bits per heavy atom. The number of para-hydroxylation sites is 1. The van der Waals surface area contributed by atoms with Gasteiger partial charge >= 0.3 is 0 Å². The maximum absolute atomic E-state index is 13.9. The number of likely N-dealkylation sites (N-methyl/N-ethyl adjacent to an activating group) is 1. The standard InChI is InChI=1S/C13H21FN2O/c1-4-16(8-9-17-3)13-11(10(2)15)6-5-7-12(13)14/h5-7,10H,4,8-9,15H2,1-3H3. The highest BCUT2D eigenvalue weighted by Gasteiger charge is 2.16. The van der Waals surface area contributed by atoms with E-state index in [-0.39, 0.29) is 11.9 Å². The third kappa shape index (κ3) is 3.41. The van der Waals surface area contributed by atoms with Crippen LogP contribution < -0.4 is 10.6 Å². The van der Waals surface area contributed by atoms with Crippen molar-refractivity contribution in [2.75, 3.05) is 31.7 Å². The van der Waals surface area contributed by atoms with Crippen LogP contribution in [0.1, 0.15) is 25.5 Å². The summed E-state index contributed by atoms with van der Waals surface area (Å²) in [6, 6.07) is 4.86. The second-order valence-electron chi connectivity index (χ2n) is 4.04. The molecule has 2 N–H and O–H groups in total. The zero-order chi connectivity index (χ0) is 12.8. The van der Waals surface area contributed by atoms with Crippen LogP contribution in [0.3, 0.4) is 0 Å². The Balaban J connectivity index is 3.07. The Hall–Kier alpha value is -1.13. The highest BCUT2D eigenvalue weighted by Crippen LogP contribution is 2.28. The van der Waals surface area contributed by atoms with Crippen LogP contribution in [-0.2, 0) is 4.74 Å². The molecule has 0 aliphatic carbocycles. The van der Waals surface area contributed by atoms with Crippen LogP contribution >= 0.6 is 0 Å². The summed E-state index contributed by atoms with van der Waals surface area (Å²) in [6.45, 7) is 5.81. The van der Waals surface area contributed by atoms with Crippen molar-refractivity contribution in [2.24, 2.45) is 5.73 Å². The maximum atomic E-state index is 13.9. The average molecular weight is 240 g/mol. The molecule has 3 nitrogen and oxygen atoms in total. The van der Waals surface area contributed by atoms with Crippen molar-refractivity contribution in [1.82, 2.24) is 0 Å². The summed E-state index contributed by atoms with van der Waals surface area (Å²) in [4.78, 5) is 1.96. The Morgan fingerprint density at radius 2 is 2.18 bits per heavy atom. The summed E-state index contributed by atoms with van der Waals surface area (Å²) in [5.74, 6) is -0.224. The largest absolute Gasteiger partial charge is 0.383 e. The van der Waals surface area contributed by atoms with Gasteiger partial charge in [-0.05, 0) is 25.5 Å². The summed E-state index contributed by atoms with van der Waals surface area (Å²) in [5, 5.41) is 0. The number of ether oxygens (including phenoxy) is 1. The monoisotopic (exact) mass is 240 g/mol. The van der Waals surface area contributed by atoms with Crippen LogP contribution in [0.15, 0.2) is 18.2 Å². The predicted molar refractivity (Wildman–Crippen MR) is 68.8 cm³/mol. The van der Waals surface area contributed by atoms with Gasteiger partial charge in [0.1, 0.15) is 5.82 Å². The number of hydrogen-bond donors (Lipinski definition) is 1. The van der Waals surface area contributed by atoms with Crippen molar-refractivity contribution in [2.45, 2.75) is 19.9 Å². The summed E-state index contributed by atoms with van der Waals surface area (Å²) in [6.07, 6.45) is 0. The molecular weight excluding hydrogens is 219 g/mol. The molecule has 1 aromatic carbocycles. The van der Waals surface area contributed by atoms with Gasteiger partial charge in [0.2, 0.25) is 0 Å². The van der Waals surface area contributed by atoms with E-state index >= 15 is 0 Å². The minimum absolute atomic E-state index is 0.183. The number of anilines is 1. The average Bonchev–Trinajstić information content (AvgIpc) is 2.31. The predicted octanol–water partition coefficient (Wildman–Crippen LogP) is 2.32. The van der Waals surface area contributed by atoms with Gasteiger partial charge in [0.15, 0.2) is 0 Å². The first-order chi connectivity index (χ1) is 8.11. The number of nitrogens with two attached hydrogens (primary N) is 1. The van der Waals surface area contributed by atoms with Gasteiger partial charge in [-0.1, -0.05) is 12.1 Å². The third-order valence-electron chi connectivity index (χ3n) is 2.77. The van der Waals surface area contributed by atoms with E-state index < -0.39 is 0 Å². The first-order valence-corrected chi connectivity index (χ1v) is 5.89. The second kappa shape index (κ2) is 6.57. The SMILES string of the molecule is CCN(CCOC)c1c(F)cccc1C(C)N. The number of methoxy groups -OCH3 is 1. The molecular formula is C13H21FN2O. The molecule has 0 radical (unpaired) electrons. The Labute approximate surface area is 102 Å². The lowest BCUT2D eigenvalue weighted by molar-refractivity contribution is 0.205. The summed E-state index contributed by atoms with van der Waals surface area (Å²) < 4.78 is 19.0. The van der Waals surface area contributed by atoms with E-state index in [9.17, 15) is 4.39 Å². The van der Waals surface area contributed by atoms with Gasteiger partial charge in [0.05, 0.1) is 12.3 Å². The highest BCUT2D eigenvalue weighted by atomic mass is 19.1. The van der Waals surface area contributed by atoms with E-state index in [4.69, 9.17) is 10.5 Å². The molecule has 96 valence electrons. The van der Waals surface area contributed by atoms with Crippen molar-refractivity contribution >= 4 is 5.69 Å². The molecule has 1 atom stereocenters. The Kier molecular flexibility index (Phi) is 5.38. The van der Waals surface area contributed by atoms with E-state index in [0.29, 0.717) is 18.8 Å². The normalized spacial score (nSPS) is 12.5. The minimum atomic E-state index is -0.224. The van der Waals surface area contributed by atoms with Gasteiger partial charge in [-0.15, -0.1) is 0 Å². The third-order valence-corrected chi connectivity index (χ3v) is 2.77. The van der Waals surface area contributed by atoms with Crippen molar-refractivity contribution < 1.29 is 9.13 Å². The van der Waals surface area contributed by atoms with E-state index in [1.54, 1.807) is 13.2 Å². The molecule has 0 bridgehead atoms. The molecule has 0 aliphatic rings. The lowest BCUT2D eigenvalue weighted by Gasteiger charge is -2.27. The lowest BCUT2D eigenvalue weighted by atomic mass is 10.1. The fourth-order valence-electron chi connectivity index (χ4n) is 1.86. The van der Waals surface area contributed by atoms with E-state index in [1.807, 2.05) is 24.8 Å². The Bertz CT molecular complexity index is 355. The van der Waals surface area contributed by atoms with Crippen molar-refractivity contribution in [3.63, 3.8) is 0 Å². The second-order valence-corrected chi connectivity index (χ2v) is 4.04. The van der Waals surface area contributed by atoms with Crippen LogP contribution in [0.4, 0.5) is 10.1 Å². The number of nitrogens with zero attached hydrogens (tertiary/aromatic N) is 1. The first-order valence-electron chi connectivity index (χ1n) is 5.89. The summed E-state index contributed by atoms with van der Waals surface area (Å²) in [7, 11) is 1.64. The molecule has 0 fully saturated rings. The molecule has 4 heteroatoms. The quantitative estimate of drug-likeness (QED) is 0.829. The highest BCUT2D eigenvalue weighted by molar-refractivity contribution is 5.56. The smallest absolute Gasteiger partial charge is 0.146 e. The molecule has 1 rings (SSSR count). The molecule has 17 heavy (non-hydrogen) atoms. The number of benzene rings is 1. The number of hydrogen-bond acceptors (Lipinski definition) is 3. The zero-order valence-corrected chi connectivity index (χ0v) is 10.7. The lowest BCUT2D eigenvalue weighted by Crippen LogP contribution is -2.29.